The molecule has 0 spiro atoms. The highest BCUT2D eigenvalue weighted by molar-refractivity contribution is 5.99. The minimum absolute atomic E-state index is 0.354. The molecule has 0 unspecified atom stereocenters. The summed E-state index contributed by atoms with van der Waals surface area (Å²) >= 11 is 0. The van der Waals surface area contributed by atoms with E-state index in [-0.39, 0.29) is 0 Å². The van der Waals surface area contributed by atoms with Crippen LogP contribution in [-0.4, -0.2) is 26.1 Å². The van der Waals surface area contributed by atoms with Crippen molar-refractivity contribution in [3.8, 4) is 11.5 Å². The van der Waals surface area contributed by atoms with Gasteiger partial charge in [-0.05, 0) is 25.0 Å². The van der Waals surface area contributed by atoms with Crippen LogP contribution in [0.4, 0.5) is 0 Å². The fourth-order valence-electron chi connectivity index (χ4n) is 2.53. The molecule has 1 fully saturated rings. The summed E-state index contributed by atoms with van der Waals surface area (Å²) in [4.78, 5) is 4.74. The van der Waals surface area contributed by atoms with Gasteiger partial charge in [-0.3, -0.25) is 4.99 Å². The van der Waals surface area contributed by atoms with Crippen LogP contribution < -0.4 is 20.7 Å². The summed E-state index contributed by atoms with van der Waals surface area (Å²) in [6.07, 6.45) is 6.06. The number of hydrogen-bond acceptors (Lipinski definition) is 4. The Morgan fingerprint density at radius 3 is 2.20 bits per heavy atom. The number of hydrazine groups is 1. The summed E-state index contributed by atoms with van der Waals surface area (Å²) in [5.74, 6) is 7.79. The average Bonchev–Trinajstić information content (AvgIpc) is 2.53. The van der Waals surface area contributed by atoms with E-state index in [2.05, 4.69) is 5.43 Å². The van der Waals surface area contributed by atoms with Crippen molar-refractivity contribution < 1.29 is 9.47 Å². The number of amidine groups is 1. The van der Waals surface area contributed by atoms with Gasteiger partial charge in [0, 0.05) is 11.6 Å². The zero-order valence-electron chi connectivity index (χ0n) is 12.2. The molecule has 0 amide bonds. The van der Waals surface area contributed by atoms with E-state index in [0.717, 1.165) is 29.9 Å². The van der Waals surface area contributed by atoms with Crippen molar-refractivity contribution in [1.29, 1.82) is 0 Å². The summed E-state index contributed by atoms with van der Waals surface area (Å²) in [6, 6.07) is 6.00. The zero-order chi connectivity index (χ0) is 14.4. The van der Waals surface area contributed by atoms with Crippen molar-refractivity contribution in [3.05, 3.63) is 23.8 Å². The molecule has 0 bridgehead atoms. The Morgan fingerprint density at radius 2 is 1.70 bits per heavy atom. The van der Waals surface area contributed by atoms with Gasteiger partial charge < -0.3 is 14.9 Å². The average molecular weight is 277 g/mol. The van der Waals surface area contributed by atoms with Gasteiger partial charge in [-0.2, -0.15) is 0 Å². The van der Waals surface area contributed by atoms with E-state index < -0.39 is 0 Å². The lowest BCUT2D eigenvalue weighted by Crippen LogP contribution is -2.32. The minimum atomic E-state index is 0.354. The van der Waals surface area contributed by atoms with Crippen molar-refractivity contribution in [2.45, 2.75) is 38.1 Å². The monoisotopic (exact) mass is 277 g/mol. The summed E-state index contributed by atoms with van der Waals surface area (Å²) in [6.45, 7) is 0. The van der Waals surface area contributed by atoms with Crippen LogP contribution in [0, 0.1) is 0 Å². The van der Waals surface area contributed by atoms with Crippen LogP contribution in [0.25, 0.3) is 0 Å². The van der Waals surface area contributed by atoms with E-state index in [1.165, 1.54) is 19.3 Å². The smallest absolute Gasteiger partial charge is 0.143 e. The van der Waals surface area contributed by atoms with E-state index in [1.54, 1.807) is 14.2 Å². The molecule has 0 atom stereocenters. The largest absolute Gasteiger partial charge is 0.497 e. The number of methoxy groups -OCH3 is 2. The molecular weight excluding hydrogens is 254 g/mol. The van der Waals surface area contributed by atoms with E-state index in [4.69, 9.17) is 20.3 Å². The summed E-state index contributed by atoms with van der Waals surface area (Å²) in [7, 11) is 3.26. The Labute approximate surface area is 120 Å². The third kappa shape index (κ3) is 3.63. The molecular formula is C15H23N3O2. The van der Waals surface area contributed by atoms with Gasteiger partial charge in [-0.25, -0.2) is 5.84 Å². The Balaban J connectivity index is 2.27. The second-order valence-corrected chi connectivity index (χ2v) is 5.02. The number of aliphatic imine (C=N–C) groups is 1. The molecule has 0 radical (unpaired) electrons. The second-order valence-electron chi connectivity index (χ2n) is 5.02. The number of rotatable bonds is 4. The van der Waals surface area contributed by atoms with Crippen LogP contribution in [0.15, 0.2) is 23.2 Å². The Kier molecular flexibility index (Phi) is 5.24. The SMILES string of the molecule is COc1cc(OC)cc(C(=NC2CCCCC2)NN)c1. The molecule has 1 saturated carbocycles. The molecule has 110 valence electrons. The van der Waals surface area contributed by atoms with Gasteiger partial charge >= 0.3 is 0 Å². The maximum Gasteiger partial charge on any atom is 0.143 e. The Hall–Kier alpha value is -1.75. The number of hydrogen-bond donors (Lipinski definition) is 2. The van der Waals surface area contributed by atoms with E-state index in [1.807, 2.05) is 18.2 Å². The number of benzene rings is 1. The first-order valence-corrected chi connectivity index (χ1v) is 7.04. The van der Waals surface area contributed by atoms with E-state index >= 15 is 0 Å². The highest BCUT2D eigenvalue weighted by Gasteiger charge is 2.14. The lowest BCUT2D eigenvalue weighted by atomic mass is 9.96. The lowest BCUT2D eigenvalue weighted by molar-refractivity contribution is 0.394. The van der Waals surface area contributed by atoms with Gasteiger partial charge in [0.1, 0.15) is 17.3 Å². The summed E-state index contributed by atoms with van der Waals surface area (Å²) in [5, 5.41) is 0. The van der Waals surface area contributed by atoms with E-state index in [0.29, 0.717) is 11.9 Å². The van der Waals surface area contributed by atoms with Gasteiger partial charge in [0.15, 0.2) is 0 Å². The first-order chi connectivity index (χ1) is 9.76. The van der Waals surface area contributed by atoms with Crippen molar-refractivity contribution in [2.24, 2.45) is 10.8 Å². The summed E-state index contributed by atoms with van der Waals surface area (Å²) in [5.41, 5.74) is 3.59. The number of nitrogens with zero attached hydrogens (tertiary/aromatic N) is 1. The van der Waals surface area contributed by atoms with Crippen LogP contribution in [-0.2, 0) is 0 Å². The number of nitrogens with two attached hydrogens (primary N) is 1. The van der Waals surface area contributed by atoms with Crippen molar-refractivity contribution in [1.82, 2.24) is 5.43 Å². The molecule has 5 nitrogen and oxygen atoms in total. The molecule has 20 heavy (non-hydrogen) atoms. The maximum absolute atomic E-state index is 5.64. The molecule has 3 N–H and O–H groups in total. The molecule has 0 heterocycles. The molecule has 1 aromatic rings. The van der Waals surface area contributed by atoms with Gasteiger partial charge in [0.2, 0.25) is 0 Å². The molecule has 0 aromatic heterocycles. The second kappa shape index (κ2) is 7.14. The first kappa shape index (κ1) is 14.7. The zero-order valence-corrected chi connectivity index (χ0v) is 12.2. The molecule has 5 heteroatoms. The van der Waals surface area contributed by atoms with E-state index in [9.17, 15) is 0 Å². The van der Waals surface area contributed by atoms with Gasteiger partial charge in [0.05, 0.1) is 20.3 Å². The Morgan fingerprint density at radius 1 is 1.10 bits per heavy atom. The number of nitrogens with one attached hydrogen (secondary N) is 1. The van der Waals surface area contributed by atoms with Gasteiger partial charge in [-0.1, -0.05) is 19.3 Å². The quantitative estimate of drug-likeness (QED) is 0.383. The van der Waals surface area contributed by atoms with Crippen LogP contribution in [0.1, 0.15) is 37.7 Å². The molecule has 2 rings (SSSR count). The predicted octanol–water partition coefficient (Wildman–Crippen LogP) is 2.25. The van der Waals surface area contributed by atoms with Gasteiger partial charge in [0.25, 0.3) is 0 Å². The van der Waals surface area contributed by atoms with Crippen molar-refractivity contribution in [2.75, 3.05) is 14.2 Å². The fraction of sp³-hybridized carbons (Fsp3) is 0.533. The minimum Gasteiger partial charge on any atom is -0.497 e. The maximum atomic E-state index is 5.64. The lowest BCUT2D eigenvalue weighted by Gasteiger charge is -2.19. The van der Waals surface area contributed by atoms with Crippen LogP contribution in [0.2, 0.25) is 0 Å². The van der Waals surface area contributed by atoms with Gasteiger partial charge in [-0.15, -0.1) is 0 Å². The standard InChI is InChI=1S/C15H23N3O2/c1-19-13-8-11(9-14(10-13)20-2)15(18-16)17-12-6-4-3-5-7-12/h8-10,12H,3-7,16H2,1-2H3,(H,17,18). The highest BCUT2D eigenvalue weighted by atomic mass is 16.5. The highest BCUT2D eigenvalue weighted by Crippen LogP contribution is 2.24. The normalized spacial score (nSPS) is 16.9. The first-order valence-electron chi connectivity index (χ1n) is 7.04. The number of ether oxygens (including phenoxy) is 2. The molecule has 1 aliphatic rings. The third-order valence-electron chi connectivity index (χ3n) is 3.65. The van der Waals surface area contributed by atoms with Crippen molar-refractivity contribution in [3.63, 3.8) is 0 Å². The fourth-order valence-corrected chi connectivity index (χ4v) is 2.53. The van der Waals surface area contributed by atoms with Crippen LogP contribution in [0.3, 0.4) is 0 Å². The van der Waals surface area contributed by atoms with Crippen LogP contribution >= 0.6 is 0 Å². The topological polar surface area (TPSA) is 68.9 Å². The molecule has 1 aliphatic carbocycles. The molecule has 1 aromatic carbocycles. The summed E-state index contributed by atoms with van der Waals surface area (Å²) < 4.78 is 10.6. The van der Waals surface area contributed by atoms with Crippen molar-refractivity contribution >= 4 is 5.84 Å². The molecule has 0 saturated heterocycles. The molecule has 0 aliphatic heterocycles. The van der Waals surface area contributed by atoms with Crippen LogP contribution in [0.5, 0.6) is 11.5 Å². The Bertz CT molecular complexity index is 446. The third-order valence-corrected chi connectivity index (χ3v) is 3.65. The predicted molar refractivity (Wildman–Crippen MR) is 80.3 cm³/mol.